The first-order chi connectivity index (χ1) is 18.4. The van der Waals surface area contributed by atoms with Crippen LogP contribution in [-0.2, 0) is 20.9 Å². The van der Waals surface area contributed by atoms with Gasteiger partial charge in [0.05, 0.1) is 6.61 Å². The standard InChI is InChI=1S/C16H20N2O2.C14H15BrN2O/c1-20-11-12-5-7-13(8-6-12)14-15(19)18-16(17-14)9-3-2-4-10-16;15-11-6-4-10(5-7-11)12-13(18)17-14(16-12)8-2-1-3-9-14/h5-8H,2-4,9-11H2,1H3,(H,18,19);4-7H,1-3,8-9H2,(H,17,18). The lowest BCUT2D eigenvalue weighted by Crippen LogP contribution is -2.43. The fourth-order valence-corrected chi connectivity index (χ4v) is 6.06. The Morgan fingerprint density at radius 3 is 1.55 bits per heavy atom. The van der Waals surface area contributed by atoms with Crippen LogP contribution in [0.1, 0.15) is 80.9 Å². The number of aliphatic imine (C=N–C) groups is 2. The van der Waals surface area contributed by atoms with Crippen LogP contribution in [0.5, 0.6) is 0 Å². The first kappa shape index (κ1) is 26.8. The van der Waals surface area contributed by atoms with Gasteiger partial charge in [0, 0.05) is 22.7 Å². The minimum absolute atomic E-state index is 0.0285. The van der Waals surface area contributed by atoms with E-state index in [1.54, 1.807) is 7.11 Å². The number of benzene rings is 2. The summed E-state index contributed by atoms with van der Waals surface area (Å²) in [6.07, 6.45) is 10.9. The van der Waals surface area contributed by atoms with Crippen LogP contribution in [0.3, 0.4) is 0 Å². The highest BCUT2D eigenvalue weighted by atomic mass is 79.9. The zero-order chi connectivity index (χ0) is 26.6. The van der Waals surface area contributed by atoms with Gasteiger partial charge in [-0.1, -0.05) is 65.2 Å². The van der Waals surface area contributed by atoms with Gasteiger partial charge in [-0.15, -0.1) is 0 Å². The summed E-state index contributed by atoms with van der Waals surface area (Å²) in [5.41, 5.74) is 3.43. The van der Waals surface area contributed by atoms with Crippen molar-refractivity contribution in [2.24, 2.45) is 9.98 Å². The van der Waals surface area contributed by atoms with E-state index < -0.39 is 0 Å². The van der Waals surface area contributed by atoms with Crippen LogP contribution >= 0.6 is 15.9 Å². The molecule has 0 radical (unpaired) electrons. The van der Waals surface area contributed by atoms with Crippen molar-refractivity contribution < 1.29 is 14.3 Å². The smallest absolute Gasteiger partial charge is 0.272 e. The average molecular weight is 580 g/mol. The number of carbonyl (C=O) groups is 2. The van der Waals surface area contributed by atoms with Gasteiger partial charge in [-0.3, -0.25) is 19.6 Å². The Bertz CT molecular complexity index is 1230. The van der Waals surface area contributed by atoms with Crippen molar-refractivity contribution in [3.05, 3.63) is 69.7 Å². The van der Waals surface area contributed by atoms with Crippen molar-refractivity contribution in [2.45, 2.75) is 82.1 Å². The molecule has 38 heavy (non-hydrogen) atoms. The molecule has 2 aromatic carbocycles. The molecule has 2 heterocycles. The highest BCUT2D eigenvalue weighted by molar-refractivity contribution is 9.10. The molecule has 2 N–H and O–H groups in total. The van der Waals surface area contributed by atoms with Crippen LogP contribution in [0.25, 0.3) is 0 Å². The average Bonchev–Trinajstić information content (AvgIpc) is 3.41. The SMILES string of the molecule is COCc1ccc(C2=NC3(CCCCC3)NC2=O)cc1.O=C1NC2(CCCCC2)N=C1c1ccc(Br)cc1. The van der Waals surface area contributed by atoms with Crippen LogP contribution in [-0.4, -0.2) is 41.7 Å². The predicted octanol–water partition coefficient (Wildman–Crippen LogP) is 5.44. The summed E-state index contributed by atoms with van der Waals surface area (Å²) in [6, 6.07) is 15.6. The molecule has 2 amide bonds. The minimum Gasteiger partial charge on any atom is -0.380 e. The van der Waals surface area contributed by atoms with Gasteiger partial charge in [0.15, 0.2) is 0 Å². The van der Waals surface area contributed by atoms with Crippen LogP contribution < -0.4 is 10.6 Å². The topological polar surface area (TPSA) is 92.1 Å². The van der Waals surface area contributed by atoms with E-state index in [-0.39, 0.29) is 23.1 Å². The fraction of sp³-hybridized carbons (Fsp3) is 0.467. The molecule has 7 nitrogen and oxygen atoms in total. The van der Waals surface area contributed by atoms with Gasteiger partial charge >= 0.3 is 0 Å². The third-order valence-electron chi connectivity index (χ3n) is 7.79. The first-order valence-corrected chi connectivity index (χ1v) is 14.4. The molecule has 2 aromatic rings. The van der Waals surface area contributed by atoms with Crippen LogP contribution in [0.4, 0.5) is 0 Å². The third-order valence-corrected chi connectivity index (χ3v) is 8.32. The predicted molar refractivity (Wildman–Crippen MR) is 152 cm³/mol. The zero-order valence-corrected chi connectivity index (χ0v) is 23.5. The van der Waals surface area contributed by atoms with E-state index in [1.807, 2.05) is 48.5 Å². The minimum atomic E-state index is -0.324. The van der Waals surface area contributed by atoms with Crippen molar-refractivity contribution in [3.8, 4) is 0 Å². The summed E-state index contributed by atoms with van der Waals surface area (Å²) in [5.74, 6) is -0.0642. The van der Waals surface area contributed by atoms with E-state index in [0.29, 0.717) is 18.0 Å². The summed E-state index contributed by atoms with van der Waals surface area (Å²) >= 11 is 3.40. The summed E-state index contributed by atoms with van der Waals surface area (Å²) in [4.78, 5) is 33.7. The van der Waals surface area contributed by atoms with Gasteiger partial charge in [-0.2, -0.15) is 0 Å². The molecule has 0 saturated heterocycles. The lowest BCUT2D eigenvalue weighted by Gasteiger charge is -2.30. The summed E-state index contributed by atoms with van der Waals surface area (Å²) in [6.45, 7) is 0.586. The molecule has 8 heteroatoms. The van der Waals surface area contributed by atoms with Gasteiger partial charge in [0.1, 0.15) is 22.7 Å². The zero-order valence-electron chi connectivity index (χ0n) is 21.9. The number of rotatable bonds is 4. The number of hydrogen-bond acceptors (Lipinski definition) is 5. The molecule has 6 rings (SSSR count). The number of halogens is 1. The molecule has 2 saturated carbocycles. The largest absolute Gasteiger partial charge is 0.380 e. The highest BCUT2D eigenvalue weighted by Gasteiger charge is 2.41. The van der Waals surface area contributed by atoms with Crippen molar-refractivity contribution >= 4 is 39.2 Å². The number of nitrogens with zero attached hydrogens (tertiary/aromatic N) is 2. The molecule has 200 valence electrons. The fourth-order valence-electron chi connectivity index (χ4n) is 5.80. The number of amides is 2. The number of carbonyl (C=O) groups excluding carboxylic acids is 2. The summed E-state index contributed by atoms with van der Waals surface area (Å²) in [5, 5.41) is 6.17. The summed E-state index contributed by atoms with van der Waals surface area (Å²) < 4.78 is 6.11. The number of nitrogens with one attached hydrogen (secondary N) is 2. The van der Waals surface area contributed by atoms with Gasteiger partial charge < -0.3 is 15.4 Å². The van der Waals surface area contributed by atoms with Gasteiger partial charge in [0.25, 0.3) is 11.8 Å². The maximum Gasteiger partial charge on any atom is 0.272 e. The summed E-state index contributed by atoms with van der Waals surface area (Å²) in [7, 11) is 1.68. The molecule has 0 aromatic heterocycles. The first-order valence-electron chi connectivity index (χ1n) is 13.6. The molecule has 2 spiro atoms. The molecule has 4 aliphatic rings. The highest BCUT2D eigenvalue weighted by Crippen LogP contribution is 2.34. The number of methoxy groups -OCH3 is 1. The molecular weight excluding hydrogens is 544 g/mol. The Kier molecular flexibility index (Phi) is 8.09. The molecule has 2 fully saturated rings. The number of ether oxygens (including phenoxy) is 1. The molecule has 0 atom stereocenters. The maximum absolute atomic E-state index is 12.2. The van der Waals surface area contributed by atoms with Crippen molar-refractivity contribution in [2.75, 3.05) is 7.11 Å². The van der Waals surface area contributed by atoms with Crippen molar-refractivity contribution in [1.82, 2.24) is 10.6 Å². The Morgan fingerprint density at radius 2 is 1.13 bits per heavy atom. The molecule has 2 aliphatic heterocycles. The second-order valence-corrected chi connectivity index (χ2v) is 11.6. The lowest BCUT2D eigenvalue weighted by atomic mass is 9.90. The van der Waals surface area contributed by atoms with E-state index in [2.05, 4.69) is 26.6 Å². The van der Waals surface area contributed by atoms with Crippen LogP contribution in [0.2, 0.25) is 0 Å². The number of hydrogen-bond donors (Lipinski definition) is 2. The van der Waals surface area contributed by atoms with Gasteiger partial charge in [-0.05, 0) is 69.1 Å². The Morgan fingerprint density at radius 1 is 0.711 bits per heavy atom. The lowest BCUT2D eigenvalue weighted by molar-refractivity contribution is -0.116. The van der Waals surface area contributed by atoms with Crippen molar-refractivity contribution in [3.63, 3.8) is 0 Å². The van der Waals surface area contributed by atoms with Gasteiger partial charge in [0.2, 0.25) is 0 Å². The monoisotopic (exact) mass is 578 g/mol. The van der Waals surface area contributed by atoms with Crippen molar-refractivity contribution in [1.29, 1.82) is 0 Å². The quantitative estimate of drug-likeness (QED) is 0.506. The van der Waals surface area contributed by atoms with Gasteiger partial charge in [-0.25, -0.2) is 0 Å². The third kappa shape index (κ3) is 5.91. The van der Waals surface area contributed by atoms with E-state index in [0.717, 1.165) is 72.5 Å². The normalized spacial score (nSPS) is 21.3. The van der Waals surface area contributed by atoms with E-state index >= 15 is 0 Å². The maximum atomic E-state index is 12.2. The van der Waals surface area contributed by atoms with Crippen LogP contribution in [0.15, 0.2) is 63.0 Å². The second kappa shape index (κ2) is 11.5. The van der Waals surface area contributed by atoms with E-state index in [4.69, 9.17) is 14.7 Å². The molecule has 0 bridgehead atoms. The van der Waals surface area contributed by atoms with Crippen LogP contribution in [0, 0.1) is 0 Å². The Labute approximate surface area is 232 Å². The van der Waals surface area contributed by atoms with E-state index in [9.17, 15) is 9.59 Å². The van der Waals surface area contributed by atoms with E-state index in [1.165, 1.54) is 12.8 Å². The second-order valence-electron chi connectivity index (χ2n) is 10.7. The molecular formula is C30H35BrN4O3. The molecule has 2 aliphatic carbocycles. The Hall–Kier alpha value is -2.84. The molecule has 0 unspecified atom stereocenters. The Balaban J connectivity index is 0.000000156.